The Morgan fingerprint density at radius 3 is 2.50 bits per heavy atom. The van der Waals surface area contributed by atoms with E-state index in [1.165, 1.54) is 37.1 Å². The van der Waals surface area contributed by atoms with Crippen LogP contribution in [0.3, 0.4) is 0 Å². The molecule has 0 radical (unpaired) electrons. The van der Waals surface area contributed by atoms with E-state index in [2.05, 4.69) is 41.4 Å². The molecule has 2 aromatic carbocycles. The third-order valence-corrected chi connectivity index (χ3v) is 5.45. The normalized spacial score (nSPS) is 17.3. The number of methoxy groups -OCH3 is 1. The number of aryl methyl sites for hydroxylation is 1. The molecule has 4 nitrogen and oxygen atoms in total. The molecule has 1 atom stereocenters. The summed E-state index contributed by atoms with van der Waals surface area (Å²) in [4.78, 5) is 14.9. The Morgan fingerprint density at radius 2 is 1.82 bits per heavy atom. The smallest absolute Gasteiger partial charge is 0.251 e. The Hall–Kier alpha value is -2.33. The van der Waals surface area contributed by atoms with Crippen LogP contribution in [0.2, 0.25) is 0 Å². The highest BCUT2D eigenvalue weighted by Crippen LogP contribution is 2.18. The fourth-order valence-corrected chi connectivity index (χ4v) is 3.84. The molecule has 4 heteroatoms. The lowest BCUT2D eigenvalue weighted by atomic mass is 9.99. The standard InChI is InChI=1S/C24H32N2O2/c1-19-5-4-16-26(17-19)18-21-7-11-22(12-8-21)24(27)25-15-3-6-20-9-13-23(28-2)14-10-20/h7-14,19H,3-6,15-18H2,1-2H3,(H,25,27). The molecule has 1 heterocycles. The van der Waals surface area contributed by atoms with Crippen LogP contribution in [0.15, 0.2) is 48.5 Å². The van der Waals surface area contributed by atoms with Crippen molar-refractivity contribution in [1.29, 1.82) is 0 Å². The van der Waals surface area contributed by atoms with Crippen molar-refractivity contribution >= 4 is 5.91 Å². The molecule has 0 saturated carbocycles. The number of hydrogen-bond donors (Lipinski definition) is 1. The fraction of sp³-hybridized carbons (Fsp3) is 0.458. The topological polar surface area (TPSA) is 41.6 Å². The number of rotatable bonds is 8. The summed E-state index contributed by atoms with van der Waals surface area (Å²) in [5, 5.41) is 3.02. The van der Waals surface area contributed by atoms with E-state index < -0.39 is 0 Å². The van der Waals surface area contributed by atoms with Crippen LogP contribution in [0.25, 0.3) is 0 Å². The molecule has 0 aromatic heterocycles. The van der Waals surface area contributed by atoms with Gasteiger partial charge in [0.15, 0.2) is 0 Å². The van der Waals surface area contributed by atoms with Gasteiger partial charge in [0.2, 0.25) is 0 Å². The van der Waals surface area contributed by atoms with Crippen LogP contribution in [0.5, 0.6) is 5.75 Å². The number of nitrogens with one attached hydrogen (secondary N) is 1. The number of likely N-dealkylation sites (tertiary alicyclic amines) is 1. The summed E-state index contributed by atoms with van der Waals surface area (Å²) < 4.78 is 5.17. The number of ether oxygens (including phenoxy) is 1. The zero-order valence-corrected chi connectivity index (χ0v) is 17.1. The lowest BCUT2D eigenvalue weighted by Gasteiger charge is -2.30. The summed E-state index contributed by atoms with van der Waals surface area (Å²) in [6.07, 6.45) is 4.49. The largest absolute Gasteiger partial charge is 0.497 e. The third kappa shape index (κ3) is 6.10. The van der Waals surface area contributed by atoms with Crippen LogP contribution < -0.4 is 10.1 Å². The van der Waals surface area contributed by atoms with E-state index in [0.717, 1.165) is 36.6 Å². The first-order valence-corrected chi connectivity index (χ1v) is 10.4. The number of benzene rings is 2. The molecule has 2 aromatic rings. The Labute approximate surface area is 168 Å². The highest BCUT2D eigenvalue weighted by molar-refractivity contribution is 5.94. The van der Waals surface area contributed by atoms with Gasteiger partial charge in [-0.15, -0.1) is 0 Å². The molecule has 3 rings (SSSR count). The number of carbonyl (C=O) groups is 1. The van der Waals surface area contributed by atoms with Crippen molar-refractivity contribution in [2.75, 3.05) is 26.7 Å². The first kappa shape index (κ1) is 20.4. The van der Waals surface area contributed by atoms with Crippen molar-refractivity contribution in [2.45, 2.75) is 39.2 Å². The van der Waals surface area contributed by atoms with E-state index in [1.54, 1.807) is 7.11 Å². The van der Waals surface area contributed by atoms with Gasteiger partial charge in [-0.05, 0) is 73.5 Å². The van der Waals surface area contributed by atoms with Gasteiger partial charge in [0.1, 0.15) is 5.75 Å². The number of piperidine rings is 1. The molecule has 28 heavy (non-hydrogen) atoms. The molecule has 0 spiro atoms. The maximum Gasteiger partial charge on any atom is 0.251 e. The van der Waals surface area contributed by atoms with Gasteiger partial charge >= 0.3 is 0 Å². The summed E-state index contributed by atoms with van der Waals surface area (Å²) in [5.41, 5.74) is 3.27. The van der Waals surface area contributed by atoms with E-state index in [0.29, 0.717) is 6.54 Å². The van der Waals surface area contributed by atoms with Gasteiger partial charge in [-0.2, -0.15) is 0 Å². The first-order valence-electron chi connectivity index (χ1n) is 10.4. The van der Waals surface area contributed by atoms with Gasteiger partial charge in [-0.3, -0.25) is 9.69 Å². The maximum absolute atomic E-state index is 12.3. The average molecular weight is 381 g/mol. The van der Waals surface area contributed by atoms with E-state index in [4.69, 9.17) is 4.74 Å². The number of hydrogen-bond acceptors (Lipinski definition) is 3. The summed E-state index contributed by atoms with van der Waals surface area (Å²) in [7, 11) is 1.67. The van der Waals surface area contributed by atoms with Crippen LogP contribution in [-0.4, -0.2) is 37.6 Å². The van der Waals surface area contributed by atoms with Crippen LogP contribution in [-0.2, 0) is 13.0 Å². The number of carbonyl (C=O) groups excluding carboxylic acids is 1. The van der Waals surface area contributed by atoms with Crippen LogP contribution in [0.1, 0.15) is 47.7 Å². The second-order valence-corrected chi connectivity index (χ2v) is 7.89. The minimum atomic E-state index is 0.00729. The molecule has 150 valence electrons. The van der Waals surface area contributed by atoms with Crippen molar-refractivity contribution in [1.82, 2.24) is 10.2 Å². The van der Waals surface area contributed by atoms with E-state index in [9.17, 15) is 4.79 Å². The summed E-state index contributed by atoms with van der Waals surface area (Å²) in [6.45, 7) is 6.35. The Morgan fingerprint density at radius 1 is 1.11 bits per heavy atom. The van der Waals surface area contributed by atoms with Crippen molar-refractivity contribution < 1.29 is 9.53 Å². The summed E-state index contributed by atoms with van der Waals surface area (Å²) in [6, 6.07) is 16.2. The zero-order valence-electron chi connectivity index (χ0n) is 17.1. The predicted molar refractivity (Wildman–Crippen MR) is 114 cm³/mol. The van der Waals surface area contributed by atoms with Crippen molar-refractivity contribution in [2.24, 2.45) is 5.92 Å². The average Bonchev–Trinajstić information content (AvgIpc) is 2.72. The molecule has 1 fully saturated rings. The summed E-state index contributed by atoms with van der Waals surface area (Å²) in [5.74, 6) is 1.67. The lowest BCUT2D eigenvalue weighted by molar-refractivity contribution is 0.0953. The number of nitrogens with zero attached hydrogens (tertiary/aromatic N) is 1. The Kier molecular flexibility index (Phi) is 7.49. The second kappa shape index (κ2) is 10.3. The highest BCUT2D eigenvalue weighted by atomic mass is 16.5. The van der Waals surface area contributed by atoms with Crippen molar-refractivity contribution in [3.05, 3.63) is 65.2 Å². The quantitative estimate of drug-likeness (QED) is 0.695. The molecule has 1 saturated heterocycles. The van der Waals surface area contributed by atoms with Gasteiger partial charge in [-0.1, -0.05) is 31.2 Å². The van der Waals surface area contributed by atoms with Crippen molar-refractivity contribution in [3.63, 3.8) is 0 Å². The fourth-order valence-electron chi connectivity index (χ4n) is 3.84. The highest BCUT2D eigenvalue weighted by Gasteiger charge is 2.16. The first-order chi connectivity index (χ1) is 13.6. The minimum absolute atomic E-state index is 0.00729. The van der Waals surface area contributed by atoms with Gasteiger partial charge in [-0.25, -0.2) is 0 Å². The molecular formula is C24H32N2O2. The molecule has 0 bridgehead atoms. The van der Waals surface area contributed by atoms with E-state index in [1.807, 2.05) is 24.3 Å². The van der Waals surface area contributed by atoms with Crippen LogP contribution in [0.4, 0.5) is 0 Å². The monoisotopic (exact) mass is 380 g/mol. The predicted octanol–water partition coefficient (Wildman–Crippen LogP) is 4.29. The Balaban J connectivity index is 1.40. The second-order valence-electron chi connectivity index (χ2n) is 7.89. The van der Waals surface area contributed by atoms with E-state index in [-0.39, 0.29) is 5.91 Å². The Bertz CT molecular complexity index is 740. The third-order valence-electron chi connectivity index (χ3n) is 5.45. The molecule has 1 aliphatic rings. The van der Waals surface area contributed by atoms with Gasteiger partial charge in [0, 0.05) is 25.2 Å². The molecule has 0 aliphatic carbocycles. The minimum Gasteiger partial charge on any atom is -0.497 e. The van der Waals surface area contributed by atoms with Crippen LogP contribution in [0, 0.1) is 5.92 Å². The molecule has 1 aliphatic heterocycles. The summed E-state index contributed by atoms with van der Waals surface area (Å²) >= 11 is 0. The van der Waals surface area contributed by atoms with Crippen LogP contribution >= 0.6 is 0 Å². The van der Waals surface area contributed by atoms with Gasteiger partial charge in [0.25, 0.3) is 5.91 Å². The van der Waals surface area contributed by atoms with Crippen molar-refractivity contribution in [3.8, 4) is 5.75 Å². The molecule has 1 unspecified atom stereocenters. The molecule has 1 N–H and O–H groups in total. The maximum atomic E-state index is 12.3. The van der Waals surface area contributed by atoms with E-state index >= 15 is 0 Å². The lowest BCUT2D eigenvalue weighted by Crippen LogP contribution is -2.33. The van der Waals surface area contributed by atoms with Gasteiger partial charge in [0.05, 0.1) is 7.11 Å². The molecule has 1 amide bonds. The zero-order chi connectivity index (χ0) is 19.8. The number of amides is 1. The SMILES string of the molecule is COc1ccc(CCCNC(=O)c2ccc(CN3CCCC(C)C3)cc2)cc1. The van der Waals surface area contributed by atoms with Gasteiger partial charge < -0.3 is 10.1 Å². The molecular weight excluding hydrogens is 348 g/mol.